The van der Waals surface area contributed by atoms with E-state index in [0.29, 0.717) is 16.5 Å². The highest BCUT2D eigenvalue weighted by atomic mass is 19.3. The molecule has 1 saturated heterocycles. The smallest absolute Gasteiger partial charge is 0.268 e. The van der Waals surface area contributed by atoms with Crippen molar-refractivity contribution in [2.24, 2.45) is 0 Å². The van der Waals surface area contributed by atoms with Gasteiger partial charge in [-0.1, -0.05) is 24.3 Å². The van der Waals surface area contributed by atoms with Gasteiger partial charge in [-0.2, -0.15) is 5.26 Å². The number of fused-ring (bicyclic) bond motifs is 2. The zero-order valence-corrected chi connectivity index (χ0v) is 19.6. The number of rotatable bonds is 6. The molecule has 0 spiro atoms. The van der Waals surface area contributed by atoms with Crippen molar-refractivity contribution < 1.29 is 18.4 Å². The topological polar surface area (TPSA) is 99.8 Å². The minimum Gasteiger partial charge on any atom is -0.320 e. The first-order chi connectivity index (χ1) is 17.8. The number of aromatic nitrogens is 3. The normalized spacial score (nSPS) is 16.9. The van der Waals surface area contributed by atoms with Gasteiger partial charge in [0.05, 0.1) is 23.6 Å². The van der Waals surface area contributed by atoms with Crippen LogP contribution in [-0.2, 0) is 4.79 Å². The maximum atomic E-state index is 13.7. The summed E-state index contributed by atoms with van der Waals surface area (Å²) in [6.07, 6.45) is 7.56. The molecule has 0 unspecified atom stereocenters. The Morgan fingerprint density at radius 1 is 1.05 bits per heavy atom. The van der Waals surface area contributed by atoms with Crippen molar-refractivity contribution >= 4 is 45.6 Å². The van der Waals surface area contributed by atoms with Crippen molar-refractivity contribution in [1.82, 2.24) is 19.9 Å². The highest BCUT2D eigenvalue weighted by Crippen LogP contribution is 2.32. The molecular formula is C28H21F2N5O2. The van der Waals surface area contributed by atoms with E-state index in [1.807, 2.05) is 48.6 Å². The minimum absolute atomic E-state index is 0.155. The zero-order chi connectivity index (χ0) is 26.0. The van der Waals surface area contributed by atoms with Gasteiger partial charge >= 0.3 is 0 Å². The summed E-state index contributed by atoms with van der Waals surface area (Å²) in [6.45, 7) is -0.795. The van der Waals surface area contributed by atoms with E-state index in [0.717, 1.165) is 26.9 Å². The van der Waals surface area contributed by atoms with Crippen LogP contribution >= 0.6 is 0 Å². The van der Waals surface area contributed by atoms with Gasteiger partial charge < -0.3 is 4.90 Å². The minimum atomic E-state index is -3.09. The number of ketones is 1. The molecule has 9 heteroatoms. The highest BCUT2D eigenvalue weighted by Gasteiger charge is 2.47. The Morgan fingerprint density at radius 2 is 1.81 bits per heavy atom. The average molecular weight is 498 g/mol. The van der Waals surface area contributed by atoms with Crippen LogP contribution in [-0.4, -0.2) is 50.1 Å². The molecule has 4 aromatic rings. The van der Waals surface area contributed by atoms with Crippen LogP contribution in [0, 0.1) is 11.3 Å². The molecule has 0 N–H and O–H groups in total. The van der Waals surface area contributed by atoms with Crippen LogP contribution in [0.3, 0.4) is 0 Å². The first kappa shape index (κ1) is 24.1. The van der Waals surface area contributed by atoms with Gasteiger partial charge in [0.1, 0.15) is 12.4 Å². The maximum absolute atomic E-state index is 13.7. The fourth-order valence-electron chi connectivity index (χ4n) is 4.50. The van der Waals surface area contributed by atoms with Crippen molar-refractivity contribution in [3.63, 3.8) is 0 Å². The second-order valence-corrected chi connectivity index (χ2v) is 8.96. The van der Waals surface area contributed by atoms with Crippen molar-refractivity contribution in [3.05, 3.63) is 77.9 Å². The van der Waals surface area contributed by atoms with Crippen molar-refractivity contribution in [2.45, 2.75) is 31.2 Å². The molecule has 37 heavy (non-hydrogen) atoms. The lowest BCUT2D eigenvalue weighted by Crippen LogP contribution is -2.36. The van der Waals surface area contributed by atoms with E-state index >= 15 is 0 Å². The predicted molar refractivity (Wildman–Crippen MR) is 134 cm³/mol. The lowest BCUT2D eigenvalue weighted by atomic mass is 10.00. The number of alkyl halides is 2. The first-order valence-electron chi connectivity index (χ1n) is 11.7. The zero-order valence-electron chi connectivity index (χ0n) is 19.6. The Labute approximate surface area is 211 Å². The van der Waals surface area contributed by atoms with Crippen LogP contribution in [0.25, 0.3) is 34.0 Å². The number of halogens is 2. The molecule has 1 fully saturated rings. The van der Waals surface area contributed by atoms with E-state index in [1.165, 1.54) is 12.5 Å². The maximum Gasteiger partial charge on any atom is 0.268 e. The fourth-order valence-corrected chi connectivity index (χ4v) is 4.50. The summed E-state index contributed by atoms with van der Waals surface area (Å²) < 4.78 is 27.4. The molecule has 1 aliphatic rings. The molecule has 0 bridgehead atoms. The summed E-state index contributed by atoms with van der Waals surface area (Å²) in [5.41, 5.74) is 3.70. The molecule has 1 atom stereocenters. The highest BCUT2D eigenvalue weighted by molar-refractivity contribution is 6.08. The van der Waals surface area contributed by atoms with Crippen LogP contribution in [0.2, 0.25) is 0 Å². The lowest BCUT2D eigenvalue weighted by Gasteiger charge is -2.18. The summed E-state index contributed by atoms with van der Waals surface area (Å²) in [5.74, 6) is -4.01. The summed E-state index contributed by atoms with van der Waals surface area (Å²) in [6, 6.07) is 13.6. The largest absolute Gasteiger partial charge is 0.320 e. The Morgan fingerprint density at radius 3 is 2.59 bits per heavy atom. The van der Waals surface area contributed by atoms with Crippen LogP contribution < -0.4 is 0 Å². The number of amides is 1. The first-order valence-corrected chi connectivity index (χ1v) is 11.7. The van der Waals surface area contributed by atoms with Crippen LogP contribution in [0.1, 0.15) is 40.7 Å². The summed E-state index contributed by atoms with van der Waals surface area (Å²) in [4.78, 5) is 39.0. The number of Topliss-reactive ketones (excluding diaryl/α,β-unsaturated/α-hetero) is 1. The number of carbonyl (C=O) groups excluding carboxylic acids is 2. The third kappa shape index (κ3) is 5.19. The van der Waals surface area contributed by atoms with Gasteiger partial charge in [-0.05, 0) is 41.5 Å². The van der Waals surface area contributed by atoms with Crippen molar-refractivity contribution in [3.8, 4) is 6.07 Å². The number of likely N-dealkylation sites (tertiary alicyclic amines) is 1. The van der Waals surface area contributed by atoms with Gasteiger partial charge in [-0.25, -0.2) is 18.7 Å². The Hall–Kier alpha value is -4.58. The van der Waals surface area contributed by atoms with Gasteiger partial charge in [0.25, 0.3) is 5.92 Å². The third-order valence-electron chi connectivity index (χ3n) is 6.37. The summed E-state index contributed by atoms with van der Waals surface area (Å²) in [5, 5.41) is 10.7. The Kier molecular flexibility index (Phi) is 6.40. The van der Waals surface area contributed by atoms with Crippen molar-refractivity contribution in [2.75, 3.05) is 6.54 Å². The molecule has 0 saturated carbocycles. The van der Waals surface area contributed by atoms with Gasteiger partial charge in [-0.15, -0.1) is 0 Å². The molecule has 0 aliphatic carbocycles. The molecule has 1 aliphatic heterocycles. The van der Waals surface area contributed by atoms with Crippen LogP contribution in [0.15, 0.2) is 61.2 Å². The van der Waals surface area contributed by atoms with E-state index in [1.54, 1.807) is 18.3 Å². The number of nitrogens with zero attached hydrogens (tertiary/aromatic N) is 5. The van der Waals surface area contributed by atoms with Gasteiger partial charge in [-0.3, -0.25) is 14.6 Å². The quantitative estimate of drug-likeness (QED) is 0.272. The molecule has 5 rings (SSSR count). The number of benzene rings is 2. The van der Waals surface area contributed by atoms with E-state index in [2.05, 4.69) is 15.0 Å². The van der Waals surface area contributed by atoms with Crippen LogP contribution in [0.5, 0.6) is 0 Å². The summed E-state index contributed by atoms with van der Waals surface area (Å²) >= 11 is 0. The van der Waals surface area contributed by atoms with E-state index < -0.39 is 30.8 Å². The predicted octanol–water partition coefficient (Wildman–Crippen LogP) is 5.07. The molecule has 7 nitrogen and oxygen atoms in total. The second-order valence-electron chi connectivity index (χ2n) is 8.96. The number of carbonyl (C=O) groups is 2. The summed E-state index contributed by atoms with van der Waals surface area (Å²) in [7, 11) is 0. The average Bonchev–Trinajstić information content (AvgIpc) is 3.24. The molecule has 2 aromatic carbocycles. The van der Waals surface area contributed by atoms with Gasteiger partial charge in [0.2, 0.25) is 5.91 Å². The monoisotopic (exact) mass is 497 g/mol. The van der Waals surface area contributed by atoms with E-state index in [9.17, 15) is 18.4 Å². The molecule has 3 heterocycles. The molecule has 0 radical (unpaired) electrons. The van der Waals surface area contributed by atoms with Crippen LogP contribution in [0.4, 0.5) is 8.78 Å². The number of hydrogen-bond donors (Lipinski definition) is 0. The number of hydrogen-bond acceptors (Lipinski definition) is 6. The van der Waals surface area contributed by atoms with E-state index in [4.69, 9.17) is 5.26 Å². The molecular weight excluding hydrogens is 476 g/mol. The Bertz CT molecular complexity index is 1590. The Balaban J connectivity index is 1.33. The number of pyridine rings is 1. The van der Waals surface area contributed by atoms with Gasteiger partial charge in [0.15, 0.2) is 5.78 Å². The fraction of sp³-hybridized carbons (Fsp3) is 0.214. The SMILES string of the molecule is N#C[C@@H]1CC(F)(F)CN1C(=O)CCC(=O)c1ccnc2ccc(/C=C/c3ccc4ncncc4c3)cc12. The molecule has 1 amide bonds. The lowest BCUT2D eigenvalue weighted by molar-refractivity contribution is -0.132. The molecule has 2 aromatic heterocycles. The molecule has 184 valence electrons. The standard InChI is InChI=1S/C28H21F2N5O2/c29-28(30)13-21(14-31)35(16-28)27(37)8-7-26(36)22-9-10-33-25-6-4-19(12-23(22)25)2-1-18-3-5-24-20(11-18)15-32-17-34-24/h1-6,9-12,15,17,21H,7-8,13,16H2/b2-1+/t21-/m0/s1. The third-order valence-corrected chi connectivity index (χ3v) is 6.37. The second kappa shape index (κ2) is 9.82. The van der Waals surface area contributed by atoms with E-state index in [-0.39, 0.29) is 18.6 Å². The van der Waals surface area contributed by atoms with Crippen molar-refractivity contribution in [1.29, 1.82) is 5.26 Å². The van der Waals surface area contributed by atoms with Gasteiger partial charge in [0, 0.05) is 48.0 Å². The number of nitriles is 1.